The number of hydrogen-bond donors (Lipinski definition) is 3. The van der Waals surface area contributed by atoms with Crippen molar-refractivity contribution >= 4 is 17.5 Å². The lowest BCUT2D eigenvalue weighted by Crippen LogP contribution is -2.50. The number of hydrogen-bond acceptors (Lipinski definition) is 3. The normalized spacial score (nSPS) is 11.4. The average Bonchev–Trinajstić information content (AvgIpc) is 2.16. The lowest BCUT2D eigenvalue weighted by molar-refractivity contribution is -0.123. The maximum Gasteiger partial charge on any atom is 0.237 e. The van der Waals surface area contributed by atoms with Gasteiger partial charge in [0.2, 0.25) is 5.91 Å². The zero-order chi connectivity index (χ0) is 12.3. The Kier molecular flexibility index (Phi) is 3.78. The summed E-state index contributed by atoms with van der Waals surface area (Å²) in [7, 11) is 0. The van der Waals surface area contributed by atoms with Crippen molar-refractivity contribution in [1.29, 1.82) is 0 Å². The maximum atomic E-state index is 11.1. The molecular weight excluding hydrogens is 228 g/mol. The molecule has 0 fully saturated rings. The quantitative estimate of drug-likeness (QED) is 0.747. The number of carbonyl (C=O) groups excluding carboxylic acids is 1. The van der Waals surface area contributed by atoms with E-state index >= 15 is 0 Å². The first-order chi connectivity index (χ1) is 7.34. The molecule has 1 aromatic rings. The van der Waals surface area contributed by atoms with Crippen LogP contribution < -0.4 is 11.1 Å². The third-order valence-corrected chi connectivity index (χ3v) is 2.77. The van der Waals surface area contributed by atoms with Gasteiger partial charge in [-0.05, 0) is 26.0 Å². The van der Waals surface area contributed by atoms with E-state index in [2.05, 4.69) is 5.32 Å². The van der Waals surface area contributed by atoms with Crippen molar-refractivity contribution in [3.05, 3.63) is 28.8 Å². The Hall–Kier alpha value is -1.26. The van der Waals surface area contributed by atoms with E-state index in [9.17, 15) is 9.90 Å². The van der Waals surface area contributed by atoms with Crippen LogP contribution in [-0.4, -0.2) is 16.6 Å². The van der Waals surface area contributed by atoms with Crippen LogP contribution in [0.2, 0.25) is 5.02 Å². The van der Waals surface area contributed by atoms with Crippen LogP contribution >= 0.6 is 11.6 Å². The molecule has 88 valence electrons. The van der Waals surface area contributed by atoms with E-state index in [1.165, 1.54) is 0 Å². The van der Waals surface area contributed by atoms with Gasteiger partial charge in [-0.3, -0.25) is 10.1 Å². The Balaban J connectivity index is 2.79. The van der Waals surface area contributed by atoms with Gasteiger partial charge in [-0.1, -0.05) is 17.7 Å². The zero-order valence-electron chi connectivity index (χ0n) is 9.25. The molecule has 0 atom stereocenters. The second kappa shape index (κ2) is 4.72. The van der Waals surface area contributed by atoms with Crippen molar-refractivity contribution in [3.8, 4) is 5.75 Å². The lowest BCUT2D eigenvalue weighted by Gasteiger charge is -2.22. The molecule has 0 saturated heterocycles. The van der Waals surface area contributed by atoms with Crippen LogP contribution in [-0.2, 0) is 11.3 Å². The molecule has 16 heavy (non-hydrogen) atoms. The van der Waals surface area contributed by atoms with E-state index in [4.69, 9.17) is 17.3 Å². The van der Waals surface area contributed by atoms with Gasteiger partial charge in [0.05, 0.1) is 5.54 Å². The molecule has 0 radical (unpaired) electrons. The van der Waals surface area contributed by atoms with Crippen LogP contribution in [0.1, 0.15) is 19.4 Å². The first-order valence-corrected chi connectivity index (χ1v) is 5.23. The molecule has 0 aliphatic heterocycles. The lowest BCUT2D eigenvalue weighted by atomic mass is 10.0. The highest BCUT2D eigenvalue weighted by Gasteiger charge is 2.24. The van der Waals surface area contributed by atoms with Crippen molar-refractivity contribution in [2.75, 3.05) is 0 Å². The molecule has 0 heterocycles. The summed E-state index contributed by atoms with van der Waals surface area (Å²) in [6.07, 6.45) is 0. The van der Waals surface area contributed by atoms with Crippen LogP contribution in [0.4, 0.5) is 0 Å². The summed E-state index contributed by atoms with van der Waals surface area (Å²) >= 11 is 5.92. The molecule has 0 aromatic heterocycles. The number of carbonyl (C=O) groups is 1. The smallest absolute Gasteiger partial charge is 0.237 e. The number of benzene rings is 1. The highest BCUT2D eigenvalue weighted by Crippen LogP contribution is 2.25. The van der Waals surface area contributed by atoms with Gasteiger partial charge in [-0.25, -0.2) is 0 Å². The molecule has 0 saturated carbocycles. The van der Waals surface area contributed by atoms with Gasteiger partial charge >= 0.3 is 0 Å². The zero-order valence-corrected chi connectivity index (χ0v) is 10.0. The highest BCUT2D eigenvalue weighted by atomic mass is 35.5. The summed E-state index contributed by atoms with van der Waals surface area (Å²) in [6, 6.07) is 4.87. The van der Waals surface area contributed by atoms with Gasteiger partial charge in [0, 0.05) is 17.1 Å². The van der Waals surface area contributed by atoms with Crippen molar-refractivity contribution in [2.45, 2.75) is 25.9 Å². The van der Waals surface area contributed by atoms with Gasteiger partial charge in [0.25, 0.3) is 0 Å². The third-order valence-electron chi connectivity index (χ3n) is 2.42. The Morgan fingerprint density at radius 1 is 1.56 bits per heavy atom. The molecule has 1 rings (SSSR count). The Bertz CT molecular complexity index is 385. The van der Waals surface area contributed by atoms with Crippen LogP contribution in [0.25, 0.3) is 0 Å². The van der Waals surface area contributed by atoms with E-state index in [0.29, 0.717) is 10.6 Å². The minimum atomic E-state index is -0.842. The van der Waals surface area contributed by atoms with Crippen molar-refractivity contribution in [3.63, 3.8) is 0 Å². The number of amides is 1. The number of rotatable bonds is 4. The second-order valence-electron chi connectivity index (χ2n) is 4.08. The summed E-state index contributed by atoms with van der Waals surface area (Å²) in [5.41, 5.74) is 4.93. The molecule has 0 aliphatic carbocycles. The number of nitrogens with one attached hydrogen (secondary N) is 1. The van der Waals surface area contributed by atoms with Gasteiger partial charge < -0.3 is 10.8 Å². The van der Waals surface area contributed by atoms with Gasteiger partial charge in [0.1, 0.15) is 5.75 Å². The fourth-order valence-electron chi connectivity index (χ4n) is 1.12. The number of aromatic hydroxyl groups is 1. The summed E-state index contributed by atoms with van der Waals surface area (Å²) < 4.78 is 0. The number of primary amides is 1. The van der Waals surface area contributed by atoms with Crippen molar-refractivity contribution < 1.29 is 9.90 Å². The van der Waals surface area contributed by atoms with Crippen LogP contribution in [0.15, 0.2) is 18.2 Å². The Morgan fingerprint density at radius 3 is 2.69 bits per heavy atom. The molecule has 0 unspecified atom stereocenters. The minimum Gasteiger partial charge on any atom is -0.508 e. The second-order valence-corrected chi connectivity index (χ2v) is 4.49. The fraction of sp³-hybridized carbons (Fsp3) is 0.364. The first-order valence-electron chi connectivity index (χ1n) is 4.86. The molecule has 0 bridgehead atoms. The van der Waals surface area contributed by atoms with Crippen molar-refractivity contribution in [2.24, 2.45) is 5.73 Å². The maximum absolute atomic E-state index is 11.1. The number of nitrogens with two attached hydrogens (primary N) is 1. The molecule has 4 nitrogen and oxygen atoms in total. The van der Waals surface area contributed by atoms with E-state index in [0.717, 1.165) is 0 Å². The SMILES string of the molecule is CC(C)(NCc1c(O)cccc1Cl)C(N)=O. The van der Waals surface area contributed by atoms with E-state index in [1.54, 1.807) is 32.0 Å². The van der Waals surface area contributed by atoms with Gasteiger partial charge in [-0.2, -0.15) is 0 Å². The summed E-state index contributed by atoms with van der Waals surface area (Å²) in [6.45, 7) is 3.62. The first kappa shape index (κ1) is 12.8. The number of phenols is 1. The van der Waals surface area contributed by atoms with Crippen LogP contribution in [0.3, 0.4) is 0 Å². The monoisotopic (exact) mass is 242 g/mol. The number of halogens is 1. The van der Waals surface area contributed by atoms with Crippen LogP contribution in [0, 0.1) is 0 Å². The van der Waals surface area contributed by atoms with Gasteiger partial charge in [0.15, 0.2) is 0 Å². The van der Waals surface area contributed by atoms with E-state index in [-0.39, 0.29) is 12.3 Å². The molecule has 1 amide bonds. The molecule has 5 heteroatoms. The fourth-order valence-corrected chi connectivity index (χ4v) is 1.36. The molecule has 4 N–H and O–H groups in total. The minimum absolute atomic E-state index is 0.0975. The summed E-state index contributed by atoms with van der Waals surface area (Å²) in [5, 5.41) is 13.0. The largest absolute Gasteiger partial charge is 0.508 e. The highest BCUT2D eigenvalue weighted by molar-refractivity contribution is 6.31. The Labute approximate surface area is 99.4 Å². The predicted molar refractivity (Wildman–Crippen MR) is 63.2 cm³/mol. The standard InChI is InChI=1S/C11H15ClN2O2/c1-11(2,10(13)16)14-6-7-8(12)4-3-5-9(7)15/h3-5,14-15H,6H2,1-2H3,(H2,13,16). The third kappa shape index (κ3) is 2.87. The Morgan fingerprint density at radius 2 is 2.19 bits per heavy atom. The van der Waals surface area contributed by atoms with E-state index < -0.39 is 11.4 Å². The molecule has 1 aromatic carbocycles. The van der Waals surface area contributed by atoms with Crippen molar-refractivity contribution in [1.82, 2.24) is 5.32 Å². The van der Waals surface area contributed by atoms with Crippen LogP contribution in [0.5, 0.6) is 5.75 Å². The molecular formula is C11H15ClN2O2. The topological polar surface area (TPSA) is 75.3 Å². The van der Waals surface area contributed by atoms with Gasteiger partial charge in [-0.15, -0.1) is 0 Å². The molecule has 0 spiro atoms. The molecule has 0 aliphatic rings. The predicted octanol–water partition coefficient (Wildman–Crippen LogP) is 1.40. The summed E-state index contributed by atoms with van der Waals surface area (Å²) in [5.74, 6) is -0.362. The number of phenolic OH excluding ortho intramolecular Hbond substituents is 1. The van der Waals surface area contributed by atoms with E-state index in [1.807, 2.05) is 0 Å². The average molecular weight is 243 g/mol. The summed E-state index contributed by atoms with van der Waals surface area (Å²) in [4.78, 5) is 11.1.